The van der Waals surface area contributed by atoms with Gasteiger partial charge < -0.3 is 9.47 Å². The number of rotatable bonds is 4. The van der Waals surface area contributed by atoms with E-state index < -0.39 is 0 Å². The fourth-order valence-electron chi connectivity index (χ4n) is 2.15. The molecular formula is C11H20O3. The molecule has 0 radical (unpaired) electrons. The van der Waals surface area contributed by atoms with Gasteiger partial charge in [0.2, 0.25) is 0 Å². The standard InChI is InChI=1S/C11H20O3/c1-13-10(11(12)14-2)8-9-6-4-3-5-7-9/h9-10H,3-8H2,1-2H3. The van der Waals surface area contributed by atoms with E-state index in [1.807, 2.05) is 0 Å². The van der Waals surface area contributed by atoms with Crippen LogP contribution in [0, 0.1) is 5.92 Å². The molecule has 14 heavy (non-hydrogen) atoms. The van der Waals surface area contributed by atoms with Crippen molar-refractivity contribution in [2.24, 2.45) is 5.92 Å². The van der Waals surface area contributed by atoms with Crippen LogP contribution in [0.15, 0.2) is 0 Å². The Balaban J connectivity index is 2.34. The molecule has 3 heteroatoms. The van der Waals surface area contributed by atoms with Gasteiger partial charge in [-0.3, -0.25) is 0 Å². The van der Waals surface area contributed by atoms with Crippen LogP contribution in [0.1, 0.15) is 38.5 Å². The van der Waals surface area contributed by atoms with Crippen molar-refractivity contribution in [1.82, 2.24) is 0 Å². The number of hydrogen-bond donors (Lipinski definition) is 0. The second-order valence-electron chi connectivity index (χ2n) is 3.99. The Kier molecular flexibility index (Phi) is 4.94. The minimum Gasteiger partial charge on any atom is -0.467 e. The topological polar surface area (TPSA) is 35.5 Å². The first-order valence-electron chi connectivity index (χ1n) is 5.38. The Morgan fingerprint density at radius 2 is 1.93 bits per heavy atom. The molecule has 3 nitrogen and oxygen atoms in total. The van der Waals surface area contributed by atoms with E-state index in [4.69, 9.17) is 4.74 Å². The van der Waals surface area contributed by atoms with Gasteiger partial charge in [0.1, 0.15) is 0 Å². The third-order valence-electron chi connectivity index (χ3n) is 3.02. The van der Waals surface area contributed by atoms with Gasteiger partial charge in [0.05, 0.1) is 7.11 Å². The van der Waals surface area contributed by atoms with Crippen molar-refractivity contribution >= 4 is 5.97 Å². The van der Waals surface area contributed by atoms with Crippen LogP contribution < -0.4 is 0 Å². The van der Waals surface area contributed by atoms with Crippen LogP contribution in [0.5, 0.6) is 0 Å². The molecule has 1 saturated carbocycles. The van der Waals surface area contributed by atoms with Crippen LogP contribution in [0.25, 0.3) is 0 Å². The molecule has 0 aromatic carbocycles. The van der Waals surface area contributed by atoms with Crippen molar-refractivity contribution in [2.75, 3.05) is 14.2 Å². The number of esters is 1. The lowest BCUT2D eigenvalue weighted by molar-refractivity contribution is -0.153. The van der Waals surface area contributed by atoms with E-state index in [1.54, 1.807) is 7.11 Å². The lowest BCUT2D eigenvalue weighted by Crippen LogP contribution is -2.27. The summed E-state index contributed by atoms with van der Waals surface area (Å²) in [6.07, 6.45) is 6.86. The highest BCUT2D eigenvalue weighted by Gasteiger charge is 2.24. The number of ether oxygens (including phenoxy) is 2. The smallest absolute Gasteiger partial charge is 0.334 e. The zero-order valence-corrected chi connectivity index (χ0v) is 9.12. The van der Waals surface area contributed by atoms with Crippen LogP contribution in [0.4, 0.5) is 0 Å². The van der Waals surface area contributed by atoms with E-state index in [2.05, 4.69) is 4.74 Å². The summed E-state index contributed by atoms with van der Waals surface area (Å²) < 4.78 is 9.81. The maximum Gasteiger partial charge on any atom is 0.334 e. The average Bonchev–Trinajstić information content (AvgIpc) is 2.26. The summed E-state index contributed by atoms with van der Waals surface area (Å²) in [5.41, 5.74) is 0. The maximum atomic E-state index is 11.3. The molecule has 1 aliphatic rings. The summed E-state index contributed by atoms with van der Waals surface area (Å²) in [7, 11) is 2.99. The molecule has 0 aromatic rings. The number of carbonyl (C=O) groups excluding carboxylic acids is 1. The Morgan fingerprint density at radius 3 is 2.43 bits per heavy atom. The Hall–Kier alpha value is -0.570. The largest absolute Gasteiger partial charge is 0.467 e. The predicted molar refractivity (Wildman–Crippen MR) is 54.0 cm³/mol. The van der Waals surface area contributed by atoms with E-state index in [-0.39, 0.29) is 12.1 Å². The molecule has 0 heterocycles. The summed E-state index contributed by atoms with van der Waals surface area (Å²) in [6, 6.07) is 0. The van der Waals surface area contributed by atoms with Gasteiger partial charge in [-0.1, -0.05) is 32.1 Å². The normalized spacial score (nSPS) is 20.4. The minimum atomic E-state index is -0.358. The molecule has 0 aliphatic heterocycles. The van der Waals surface area contributed by atoms with Crippen molar-refractivity contribution < 1.29 is 14.3 Å². The van der Waals surface area contributed by atoms with Gasteiger partial charge in [0.25, 0.3) is 0 Å². The first kappa shape index (κ1) is 11.5. The average molecular weight is 200 g/mol. The van der Waals surface area contributed by atoms with Crippen LogP contribution in [0.3, 0.4) is 0 Å². The lowest BCUT2D eigenvalue weighted by atomic mass is 9.85. The molecule has 82 valence electrons. The Labute approximate surface area is 85.8 Å². The van der Waals surface area contributed by atoms with Crippen molar-refractivity contribution in [3.8, 4) is 0 Å². The Morgan fingerprint density at radius 1 is 1.29 bits per heavy atom. The fourth-order valence-corrected chi connectivity index (χ4v) is 2.15. The van der Waals surface area contributed by atoms with Crippen molar-refractivity contribution in [1.29, 1.82) is 0 Å². The van der Waals surface area contributed by atoms with Crippen LogP contribution in [-0.4, -0.2) is 26.3 Å². The molecule has 0 bridgehead atoms. The van der Waals surface area contributed by atoms with Crippen molar-refractivity contribution in [2.45, 2.75) is 44.6 Å². The SMILES string of the molecule is COC(=O)C(CC1CCCCC1)OC. The van der Waals surface area contributed by atoms with Gasteiger partial charge in [-0.2, -0.15) is 0 Å². The zero-order valence-electron chi connectivity index (χ0n) is 9.12. The first-order valence-corrected chi connectivity index (χ1v) is 5.38. The lowest BCUT2D eigenvalue weighted by Gasteiger charge is -2.24. The molecule has 0 saturated heterocycles. The molecule has 0 aromatic heterocycles. The van der Waals surface area contributed by atoms with Gasteiger partial charge in [-0.05, 0) is 12.3 Å². The molecule has 0 spiro atoms. The van der Waals surface area contributed by atoms with E-state index in [0.717, 1.165) is 6.42 Å². The first-order chi connectivity index (χ1) is 6.77. The van der Waals surface area contributed by atoms with Crippen LogP contribution in [0.2, 0.25) is 0 Å². The van der Waals surface area contributed by atoms with Gasteiger partial charge in [-0.15, -0.1) is 0 Å². The summed E-state index contributed by atoms with van der Waals surface area (Å²) in [5.74, 6) is 0.408. The van der Waals surface area contributed by atoms with Gasteiger partial charge >= 0.3 is 5.97 Å². The maximum absolute atomic E-state index is 11.3. The Bertz CT molecular complexity index is 173. The molecule has 0 N–H and O–H groups in total. The quantitative estimate of drug-likeness (QED) is 0.652. The highest BCUT2D eigenvalue weighted by Crippen LogP contribution is 2.28. The molecule has 1 aliphatic carbocycles. The summed E-state index contributed by atoms with van der Waals surface area (Å²) in [5, 5.41) is 0. The number of carbonyl (C=O) groups is 1. The van der Waals surface area contributed by atoms with Gasteiger partial charge in [0.15, 0.2) is 6.10 Å². The highest BCUT2D eigenvalue weighted by atomic mass is 16.6. The van der Waals surface area contributed by atoms with E-state index in [1.165, 1.54) is 39.2 Å². The number of hydrogen-bond acceptors (Lipinski definition) is 3. The third kappa shape index (κ3) is 3.29. The number of methoxy groups -OCH3 is 2. The fraction of sp³-hybridized carbons (Fsp3) is 0.909. The van der Waals surface area contributed by atoms with Gasteiger partial charge in [-0.25, -0.2) is 4.79 Å². The predicted octanol–water partition coefficient (Wildman–Crippen LogP) is 2.14. The molecule has 1 fully saturated rings. The molecule has 0 amide bonds. The molecular weight excluding hydrogens is 180 g/mol. The van der Waals surface area contributed by atoms with Crippen molar-refractivity contribution in [3.63, 3.8) is 0 Å². The third-order valence-corrected chi connectivity index (χ3v) is 3.02. The zero-order chi connectivity index (χ0) is 10.4. The monoisotopic (exact) mass is 200 g/mol. The summed E-state index contributed by atoms with van der Waals surface area (Å²) in [4.78, 5) is 11.3. The van der Waals surface area contributed by atoms with Crippen molar-refractivity contribution in [3.05, 3.63) is 0 Å². The van der Waals surface area contributed by atoms with Crippen LogP contribution >= 0.6 is 0 Å². The summed E-state index contributed by atoms with van der Waals surface area (Å²) in [6.45, 7) is 0. The van der Waals surface area contributed by atoms with E-state index >= 15 is 0 Å². The second kappa shape index (κ2) is 6.02. The second-order valence-corrected chi connectivity index (χ2v) is 3.99. The van der Waals surface area contributed by atoms with E-state index in [0.29, 0.717) is 5.92 Å². The molecule has 1 unspecified atom stereocenters. The van der Waals surface area contributed by atoms with Gasteiger partial charge in [0, 0.05) is 7.11 Å². The minimum absolute atomic E-state index is 0.238. The van der Waals surface area contributed by atoms with Crippen LogP contribution in [-0.2, 0) is 14.3 Å². The van der Waals surface area contributed by atoms with E-state index in [9.17, 15) is 4.79 Å². The summed E-state index contributed by atoms with van der Waals surface area (Å²) >= 11 is 0. The molecule has 1 rings (SSSR count). The molecule has 1 atom stereocenters. The highest BCUT2D eigenvalue weighted by molar-refractivity contribution is 5.74.